The monoisotopic (exact) mass is 293 g/mol. The molecule has 0 aliphatic rings. The SMILES string of the molecule is Cn1nc2ccc(-c3ccc(C(F)(F)F)cc3)cn2c1=O. The lowest BCUT2D eigenvalue weighted by atomic mass is 10.1. The van der Waals surface area contributed by atoms with Gasteiger partial charge in [-0.3, -0.25) is 0 Å². The van der Waals surface area contributed by atoms with E-state index in [0.29, 0.717) is 16.8 Å². The number of aromatic nitrogens is 3. The highest BCUT2D eigenvalue weighted by Gasteiger charge is 2.29. The van der Waals surface area contributed by atoms with Crippen molar-refractivity contribution in [2.45, 2.75) is 6.18 Å². The molecule has 0 aliphatic heterocycles. The number of nitrogens with zero attached hydrogens (tertiary/aromatic N) is 3. The molecule has 0 aliphatic carbocycles. The van der Waals surface area contributed by atoms with Crippen molar-refractivity contribution >= 4 is 5.65 Å². The first-order valence-corrected chi connectivity index (χ1v) is 6.09. The lowest BCUT2D eigenvalue weighted by Crippen LogP contribution is -2.17. The van der Waals surface area contributed by atoms with Gasteiger partial charge in [-0.2, -0.15) is 18.3 Å². The van der Waals surface area contributed by atoms with Crippen molar-refractivity contribution in [1.29, 1.82) is 0 Å². The normalized spacial score (nSPS) is 12.0. The quantitative estimate of drug-likeness (QED) is 0.692. The van der Waals surface area contributed by atoms with E-state index < -0.39 is 11.7 Å². The first-order valence-electron chi connectivity index (χ1n) is 6.09. The molecule has 0 spiro atoms. The van der Waals surface area contributed by atoms with Crippen molar-refractivity contribution in [3.63, 3.8) is 0 Å². The zero-order valence-electron chi connectivity index (χ0n) is 10.9. The van der Waals surface area contributed by atoms with Crippen molar-refractivity contribution in [3.05, 3.63) is 58.6 Å². The number of hydrogen-bond acceptors (Lipinski definition) is 2. The van der Waals surface area contributed by atoms with Crippen LogP contribution in [-0.4, -0.2) is 14.2 Å². The van der Waals surface area contributed by atoms with Gasteiger partial charge in [0.1, 0.15) is 0 Å². The first-order chi connectivity index (χ1) is 9.86. The Morgan fingerprint density at radius 3 is 2.24 bits per heavy atom. The second-order valence-corrected chi connectivity index (χ2v) is 4.63. The van der Waals surface area contributed by atoms with Crippen LogP contribution >= 0.6 is 0 Å². The van der Waals surface area contributed by atoms with Crippen LogP contribution < -0.4 is 5.69 Å². The summed E-state index contributed by atoms with van der Waals surface area (Å²) >= 11 is 0. The molecule has 0 bridgehead atoms. The second-order valence-electron chi connectivity index (χ2n) is 4.63. The standard InChI is InChI=1S/C14H10F3N3O/c1-19-13(21)20-8-10(4-7-12(20)18-19)9-2-5-11(6-3-9)14(15,16)17/h2-8H,1H3. The number of aryl methyl sites for hydroxylation is 1. The third-order valence-corrected chi connectivity index (χ3v) is 3.21. The van der Waals surface area contributed by atoms with Gasteiger partial charge in [-0.05, 0) is 35.4 Å². The highest BCUT2D eigenvalue weighted by atomic mass is 19.4. The fourth-order valence-electron chi connectivity index (χ4n) is 2.10. The predicted molar refractivity (Wildman–Crippen MR) is 70.9 cm³/mol. The largest absolute Gasteiger partial charge is 0.416 e. The van der Waals surface area contributed by atoms with Gasteiger partial charge in [0.05, 0.1) is 5.56 Å². The van der Waals surface area contributed by atoms with Crippen molar-refractivity contribution in [1.82, 2.24) is 14.2 Å². The van der Waals surface area contributed by atoms with E-state index in [1.54, 1.807) is 18.3 Å². The Kier molecular flexibility index (Phi) is 2.86. The molecule has 1 aromatic carbocycles. The molecule has 2 aromatic heterocycles. The number of alkyl halides is 3. The van der Waals surface area contributed by atoms with E-state index in [1.165, 1.54) is 28.3 Å². The fourth-order valence-corrected chi connectivity index (χ4v) is 2.10. The van der Waals surface area contributed by atoms with Crippen LogP contribution in [0.3, 0.4) is 0 Å². The summed E-state index contributed by atoms with van der Waals surface area (Å²) in [6.45, 7) is 0. The molecular weight excluding hydrogens is 283 g/mol. The van der Waals surface area contributed by atoms with Crippen LogP contribution in [-0.2, 0) is 13.2 Å². The highest BCUT2D eigenvalue weighted by Crippen LogP contribution is 2.30. The maximum Gasteiger partial charge on any atom is 0.416 e. The van der Waals surface area contributed by atoms with Crippen molar-refractivity contribution in [2.24, 2.45) is 7.05 Å². The Morgan fingerprint density at radius 1 is 1.00 bits per heavy atom. The minimum atomic E-state index is -4.36. The summed E-state index contributed by atoms with van der Waals surface area (Å²) in [5.74, 6) is 0. The van der Waals surface area contributed by atoms with Gasteiger partial charge in [-0.25, -0.2) is 13.9 Å². The van der Waals surface area contributed by atoms with Crippen LogP contribution in [0.4, 0.5) is 13.2 Å². The Labute approximate surface area is 117 Å². The Morgan fingerprint density at radius 2 is 1.62 bits per heavy atom. The summed E-state index contributed by atoms with van der Waals surface area (Å²) in [7, 11) is 1.53. The van der Waals surface area contributed by atoms with Gasteiger partial charge in [0.15, 0.2) is 5.65 Å². The van der Waals surface area contributed by atoms with E-state index in [-0.39, 0.29) is 5.69 Å². The molecule has 7 heteroatoms. The second kappa shape index (κ2) is 4.47. The molecule has 0 radical (unpaired) electrons. The van der Waals surface area contributed by atoms with Crippen molar-refractivity contribution in [2.75, 3.05) is 0 Å². The lowest BCUT2D eigenvalue weighted by molar-refractivity contribution is -0.137. The number of rotatable bonds is 1. The van der Waals surface area contributed by atoms with Gasteiger partial charge in [0, 0.05) is 13.2 Å². The van der Waals surface area contributed by atoms with Crippen LogP contribution in [0.5, 0.6) is 0 Å². The summed E-state index contributed by atoms with van der Waals surface area (Å²) in [6.07, 6.45) is -2.80. The molecule has 0 saturated heterocycles. The molecule has 0 unspecified atom stereocenters. The van der Waals surface area contributed by atoms with Gasteiger partial charge in [0.2, 0.25) is 0 Å². The summed E-state index contributed by atoms with van der Waals surface area (Å²) in [5, 5.41) is 4.01. The van der Waals surface area contributed by atoms with Crippen LogP contribution in [0.15, 0.2) is 47.4 Å². The van der Waals surface area contributed by atoms with Crippen LogP contribution in [0.25, 0.3) is 16.8 Å². The summed E-state index contributed by atoms with van der Waals surface area (Å²) < 4.78 is 40.1. The van der Waals surface area contributed by atoms with Gasteiger partial charge >= 0.3 is 11.9 Å². The number of benzene rings is 1. The molecule has 2 heterocycles. The molecule has 0 N–H and O–H groups in total. The van der Waals surface area contributed by atoms with E-state index >= 15 is 0 Å². The smallest absolute Gasteiger partial charge is 0.250 e. The molecule has 0 amide bonds. The molecule has 0 atom stereocenters. The van der Waals surface area contributed by atoms with Crippen LogP contribution in [0, 0.1) is 0 Å². The maximum atomic E-state index is 12.5. The van der Waals surface area contributed by atoms with Gasteiger partial charge in [-0.15, -0.1) is 0 Å². The molecular formula is C14H10F3N3O. The molecule has 3 rings (SSSR count). The predicted octanol–water partition coefficient (Wildman–Crippen LogP) is 2.72. The zero-order chi connectivity index (χ0) is 15.2. The number of halogens is 3. The molecule has 0 saturated carbocycles. The van der Waals surface area contributed by atoms with E-state index in [1.807, 2.05) is 0 Å². The Balaban J connectivity index is 2.08. The molecule has 4 nitrogen and oxygen atoms in total. The Hall–Kier alpha value is -2.57. The topological polar surface area (TPSA) is 39.3 Å². The van der Waals surface area contributed by atoms with Crippen molar-refractivity contribution < 1.29 is 13.2 Å². The minimum absolute atomic E-state index is 0.307. The summed E-state index contributed by atoms with van der Waals surface area (Å²) in [5.41, 5.74) is 0.717. The molecule has 108 valence electrons. The summed E-state index contributed by atoms with van der Waals surface area (Å²) in [6, 6.07) is 8.16. The third kappa shape index (κ3) is 2.31. The van der Waals surface area contributed by atoms with Gasteiger partial charge < -0.3 is 0 Å². The van der Waals surface area contributed by atoms with E-state index in [2.05, 4.69) is 5.10 Å². The first kappa shape index (κ1) is 13.4. The minimum Gasteiger partial charge on any atom is -0.250 e. The van der Waals surface area contributed by atoms with E-state index in [9.17, 15) is 18.0 Å². The van der Waals surface area contributed by atoms with Crippen molar-refractivity contribution in [3.8, 4) is 11.1 Å². The molecule has 21 heavy (non-hydrogen) atoms. The number of pyridine rings is 1. The Bertz CT molecular complexity index is 860. The number of fused-ring (bicyclic) bond motifs is 1. The molecule has 3 aromatic rings. The maximum absolute atomic E-state index is 12.5. The number of hydrogen-bond donors (Lipinski definition) is 0. The fraction of sp³-hybridized carbons (Fsp3) is 0.143. The average molecular weight is 293 g/mol. The van der Waals surface area contributed by atoms with Crippen LogP contribution in [0.1, 0.15) is 5.56 Å². The van der Waals surface area contributed by atoms with Gasteiger partial charge in [0.25, 0.3) is 0 Å². The lowest BCUT2D eigenvalue weighted by Gasteiger charge is -2.07. The molecule has 0 fully saturated rings. The zero-order valence-corrected chi connectivity index (χ0v) is 10.9. The van der Waals surface area contributed by atoms with E-state index in [4.69, 9.17) is 0 Å². The van der Waals surface area contributed by atoms with Gasteiger partial charge in [-0.1, -0.05) is 12.1 Å². The average Bonchev–Trinajstić information content (AvgIpc) is 2.73. The highest BCUT2D eigenvalue weighted by molar-refractivity contribution is 5.64. The van der Waals surface area contributed by atoms with Crippen LogP contribution in [0.2, 0.25) is 0 Å². The summed E-state index contributed by atoms with van der Waals surface area (Å²) in [4.78, 5) is 11.8. The third-order valence-electron chi connectivity index (χ3n) is 3.21. The van der Waals surface area contributed by atoms with E-state index in [0.717, 1.165) is 12.1 Å².